The summed E-state index contributed by atoms with van der Waals surface area (Å²) in [6, 6.07) is 13.5. The van der Waals surface area contributed by atoms with Crippen LogP contribution in [-0.4, -0.2) is 40.4 Å². The lowest BCUT2D eigenvalue weighted by Gasteiger charge is -2.18. The van der Waals surface area contributed by atoms with E-state index in [0.29, 0.717) is 11.5 Å². The van der Waals surface area contributed by atoms with Crippen LogP contribution in [0.5, 0.6) is 0 Å². The number of hydrogen-bond donors (Lipinski definition) is 2. The Bertz CT molecular complexity index is 1050. The van der Waals surface area contributed by atoms with Crippen LogP contribution < -0.4 is 10.6 Å². The molecule has 0 aliphatic rings. The number of rotatable bonds is 10. The molecule has 0 unspecified atom stereocenters. The largest absolute Gasteiger partial charge is 0.340 e. The van der Waals surface area contributed by atoms with Crippen LogP contribution >= 0.6 is 15.9 Å². The van der Waals surface area contributed by atoms with Gasteiger partial charge in [0.2, 0.25) is 5.91 Å². The molecule has 3 aromatic rings. The van der Waals surface area contributed by atoms with Crippen molar-refractivity contribution in [1.82, 2.24) is 14.9 Å². The fourth-order valence-electron chi connectivity index (χ4n) is 3.36. The maximum absolute atomic E-state index is 12.4. The van der Waals surface area contributed by atoms with E-state index in [2.05, 4.69) is 55.3 Å². The molecule has 0 saturated heterocycles. The van der Waals surface area contributed by atoms with E-state index in [0.717, 1.165) is 53.5 Å². The fourth-order valence-corrected chi connectivity index (χ4v) is 3.76. The minimum atomic E-state index is -0.148. The number of carbonyl (C=O) groups excluding carboxylic acids is 1. The van der Waals surface area contributed by atoms with Crippen LogP contribution in [0.15, 0.2) is 65.4 Å². The van der Waals surface area contributed by atoms with Gasteiger partial charge in [-0.05, 0) is 62.3 Å². The lowest BCUT2D eigenvalue weighted by Crippen LogP contribution is -2.25. The van der Waals surface area contributed by atoms with E-state index in [4.69, 9.17) is 0 Å². The lowest BCUT2D eigenvalue weighted by molar-refractivity contribution is -0.111. The summed E-state index contributed by atoms with van der Waals surface area (Å²) in [6.45, 7) is 7.20. The predicted octanol–water partition coefficient (Wildman–Crippen LogP) is 5.75. The summed E-state index contributed by atoms with van der Waals surface area (Å²) in [6.07, 6.45) is 7.27. The molecule has 0 radical (unpaired) electrons. The maximum Gasteiger partial charge on any atom is 0.248 e. The van der Waals surface area contributed by atoms with Gasteiger partial charge in [-0.15, -0.1) is 0 Å². The van der Waals surface area contributed by atoms with E-state index in [1.807, 2.05) is 48.5 Å². The van der Waals surface area contributed by atoms with Crippen LogP contribution in [0.2, 0.25) is 0 Å². The van der Waals surface area contributed by atoms with E-state index < -0.39 is 0 Å². The highest BCUT2D eigenvalue weighted by Gasteiger charge is 2.07. The Kier molecular flexibility index (Phi) is 8.55. The summed E-state index contributed by atoms with van der Waals surface area (Å²) in [7, 11) is 0. The smallest absolute Gasteiger partial charge is 0.248 e. The van der Waals surface area contributed by atoms with Gasteiger partial charge in [-0.1, -0.05) is 41.9 Å². The van der Waals surface area contributed by atoms with Crippen LogP contribution in [0, 0.1) is 0 Å². The first-order chi connectivity index (χ1) is 15.1. The molecule has 0 fully saturated rings. The Balaban J connectivity index is 1.71. The van der Waals surface area contributed by atoms with Gasteiger partial charge in [0, 0.05) is 33.9 Å². The van der Waals surface area contributed by atoms with Gasteiger partial charge in [-0.2, -0.15) is 0 Å². The van der Waals surface area contributed by atoms with Crippen molar-refractivity contribution in [1.29, 1.82) is 0 Å². The van der Waals surface area contributed by atoms with Crippen molar-refractivity contribution in [2.24, 2.45) is 0 Å². The molecule has 0 saturated carbocycles. The summed E-state index contributed by atoms with van der Waals surface area (Å²) >= 11 is 3.48. The molecule has 162 valence electrons. The van der Waals surface area contributed by atoms with Crippen molar-refractivity contribution in [2.45, 2.75) is 26.7 Å². The molecule has 0 bridgehead atoms. The second kappa shape index (κ2) is 11.6. The number of hydrogen-bond acceptors (Lipinski definition) is 5. The third-order valence-corrected chi connectivity index (χ3v) is 5.20. The Morgan fingerprint density at radius 3 is 2.61 bits per heavy atom. The highest BCUT2D eigenvalue weighted by Crippen LogP contribution is 2.26. The standard InChI is InChI=1S/C24H28BrN5O/c1-3-12-30(13-4-2)14-6-9-23(31)28-20-10-11-22-21(16-20)24(27-17-26-22)29-19-8-5-7-18(25)15-19/h5-11,15-17H,3-4,12-14H2,1-2H3,(H,28,31)(H,26,27,29)/b9-6+. The summed E-state index contributed by atoms with van der Waals surface area (Å²) in [5, 5.41) is 7.10. The zero-order valence-corrected chi connectivity index (χ0v) is 19.5. The van der Waals surface area contributed by atoms with Crippen LogP contribution in [0.25, 0.3) is 10.9 Å². The van der Waals surface area contributed by atoms with Gasteiger partial charge in [0.05, 0.1) is 5.52 Å². The normalized spacial score (nSPS) is 11.4. The second-order valence-electron chi connectivity index (χ2n) is 7.28. The van der Waals surface area contributed by atoms with E-state index in [1.165, 1.54) is 6.33 Å². The molecule has 31 heavy (non-hydrogen) atoms. The monoisotopic (exact) mass is 481 g/mol. The average molecular weight is 482 g/mol. The summed E-state index contributed by atoms with van der Waals surface area (Å²) in [5.41, 5.74) is 2.42. The first-order valence-electron chi connectivity index (χ1n) is 10.6. The molecule has 6 nitrogen and oxygen atoms in total. The minimum Gasteiger partial charge on any atom is -0.340 e. The molecule has 1 heterocycles. The van der Waals surface area contributed by atoms with Gasteiger partial charge in [-0.3, -0.25) is 9.69 Å². The third-order valence-electron chi connectivity index (χ3n) is 4.70. The van der Waals surface area contributed by atoms with Crippen molar-refractivity contribution >= 4 is 49.9 Å². The van der Waals surface area contributed by atoms with Gasteiger partial charge in [-0.25, -0.2) is 9.97 Å². The number of amides is 1. The number of nitrogens with one attached hydrogen (secondary N) is 2. The van der Waals surface area contributed by atoms with Crippen molar-refractivity contribution in [2.75, 3.05) is 30.3 Å². The van der Waals surface area contributed by atoms with Crippen LogP contribution in [0.3, 0.4) is 0 Å². The van der Waals surface area contributed by atoms with Crippen molar-refractivity contribution < 1.29 is 4.79 Å². The third kappa shape index (κ3) is 6.87. The molecule has 3 rings (SSSR count). The molecule has 0 atom stereocenters. The Morgan fingerprint density at radius 1 is 1.06 bits per heavy atom. The highest BCUT2D eigenvalue weighted by atomic mass is 79.9. The molecule has 0 spiro atoms. The van der Waals surface area contributed by atoms with Crippen molar-refractivity contribution in [3.05, 3.63) is 65.4 Å². The van der Waals surface area contributed by atoms with E-state index in [9.17, 15) is 4.79 Å². The van der Waals surface area contributed by atoms with E-state index in [1.54, 1.807) is 6.08 Å². The number of carbonyl (C=O) groups is 1. The van der Waals surface area contributed by atoms with E-state index >= 15 is 0 Å². The van der Waals surface area contributed by atoms with Crippen molar-refractivity contribution in [3.8, 4) is 0 Å². The summed E-state index contributed by atoms with van der Waals surface area (Å²) < 4.78 is 0.979. The number of fused-ring (bicyclic) bond motifs is 1. The lowest BCUT2D eigenvalue weighted by atomic mass is 10.2. The highest BCUT2D eigenvalue weighted by molar-refractivity contribution is 9.10. The molecule has 2 aromatic carbocycles. The van der Waals surface area contributed by atoms with Crippen LogP contribution in [-0.2, 0) is 4.79 Å². The SMILES string of the molecule is CCCN(C/C=C/C(=O)Nc1ccc2ncnc(Nc3cccc(Br)c3)c2c1)CCC. The molecule has 7 heteroatoms. The predicted molar refractivity (Wildman–Crippen MR) is 132 cm³/mol. The molecule has 1 amide bonds. The summed E-state index contributed by atoms with van der Waals surface area (Å²) in [5.74, 6) is 0.537. The van der Waals surface area contributed by atoms with Crippen LogP contribution in [0.1, 0.15) is 26.7 Å². The topological polar surface area (TPSA) is 70.2 Å². The number of halogens is 1. The van der Waals surface area contributed by atoms with Crippen molar-refractivity contribution in [3.63, 3.8) is 0 Å². The number of nitrogens with zero attached hydrogens (tertiary/aromatic N) is 3. The Labute approximate surface area is 191 Å². The quantitative estimate of drug-likeness (QED) is 0.360. The zero-order valence-electron chi connectivity index (χ0n) is 17.9. The fraction of sp³-hybridized carbons (Fsp3) is 0.292. The summed E-state index contributed by atoms with van der Waals surface area (Å²) in [4.78, 5) is 23.5. The van der Waals surface area contributed by atoms with Gasteiger partial charge in [0.15, 0.2) is 0 Å². The molecule has 0 aliphatic carbocycles. The Morgan fingerprint density at radius 2 is 1.87 bits per heavy atom. The van der Waals surface area contributed by atoms with Gasteiger partial charge < -0.3 is 10.6 Å². The molecular weight excluding hydrogens is 454 g/mol. The van der Waals surface area contributed by atoms with E-state index in [-0.39, 0.29) is 5.91 Å². The first-order valence-corrected chi connectivity index (χ1v) is 11.4. The molecule has 2 N–H and O–H groups in total. The van der Waals surface area contributed by atoms with Gasteiger partial charge in [0.25, 0.3) is 0 Å². The zero-order chi connectivity index (χ0) is 22.1. The van der Waals surface area contributed by atoms with Gasteiger partial charge in [0.1, 0.15) is 12.1 Å². The average Bonchev–Trinajstić information content (AvgIpc) is 2.74. The number of anilines is 3. The van der Waals surface area contributed by atoms with Crippen LogP contribution in [0.4, 0.5) is 17.2 Å². The van der Waals surface area contributed by atoms with Gasteiger partial charge >= 0.3 is 0 Å². The molecule has 1 aromatic heterocycles. The number of benzene rings is 2. The minimum absolute atomic E-state index is 0.148. The maximum atomic E-state index is 12.4. The molecule has 0 aliphatic heterocycles. The number of aromatic nitrogens is 2. The second-order valence-corrected chi connectivity index (χ2v) is 8.20. The first kappa shape index (κ1) is 22.9. The molecular formula is C24H28BrN5O. The Hall–Kier alpha value is -2.77.